The minimum Gasteiger partial charge on any atom is -0.490 e. The van der Waals surface area contributed by atoms with Crippen LogP contribution in [0.3, 0.4) is 0 Å². The Morgan fingerprint density at radius 3 is 3.00 bits per heavy atom. The fraction of sp³-hybridized carbons (Fsp3) is 0.667. The summed E-state index contributed by atoms with van der Waals surface area (Å²) in [5.41, 5.74) is 1.99. The molecule has 0 N–H and O–H groups in total. The lowest BCUT2D eigenvalue weighted by atomic mass is 9.85. The van der Waals surface area contributed by atoms with E-state index in [2.05, 4.69) is 11.9 Å². The fourth-order valence-corrected chi connectivity index (χ4v) is 2.87. The summed E-state index contributed by atoms with van der Waals surface area (Å²) in [6, 6.07) is 2.01. The second-order valence-corrected chi connectivity index (χ2v) is 5.52. The molecule has 0 aliphatic heterocycles. The van der Waals surface area contributed by atoms with Gasteiger partial charge in [0, 0.05) is 23.5 Å². The zero-order chi connectivity index (χ0) is 13.0. The molecule has 1 aromatic rings. The van der Waals surface area contributed by atoms with E-state index in [1.807, 2.05) is 19.2 Å². The molecule has 0 radical (unpaired) electrons. The molecule has 1 heterocycles. The van der Waals surface area contributed by atoms with Gasteiger partial charge in [0.15, 0.2) is 0 Å². The minimum atomic E-state index is 0.354. The van der Waals surface area contributed by atoms with Crippen LogP contribution in [-0.2, 0) is 5.88 Å². The summed E-state index contributed by atoms with van der Waals surface area (Å²) < 4.78 is 6.17. The van der Waals surface area contributed by atoms with Crippen LogP contribution < -0.4 is 4.74 Å². The van der Waals surface area contributed by atoms with Crippen LogP contribution in [-0.4, -0.2) is 11.1 Å². The highest BCUT2D eigenvalue weighted by Crippen LogP contribution is 2.31. The number of ether oxygens (including phenoxy) is 1. The number of aromatic nitrogens is 1. The number of pyridine rings is 1. The largest absolute Gasteiger partial charge is 0.490 e. The molecule has 0 amide bonds. The summed E-state index contributed by atoms with van der Waals surface area (Å²) in [6.45, 7) is 4.26. The van der Waals surface area contributed by atoms with Gasteiger partial charge in [-0.25, -0.2) is 0 Å². The number of rotatable bonds is 4. The smallest absolute Gasteiger partial charge is 0.127 e. The average Bonchev–Trinajstić information content (AvgIpc) is 2.39. The molecule has 3 heteroatoms. The van der Waals surface area contributed by atoms with Crippen LogP contribution in [0.4, 0.5) is 0 Å². The molecule has 0 spiro atoms. The number of hydrogen-bond acceptors (Lipinski definition) is 2. The summed E-state index contributed by atoms with van der Waals surface area (Å²) >= 11 is 5.94. The average molecular weight is 268 g/mol. The van der Waals surface area contributed by atoms with Crippen LogP contribution in [0.25, 0.3) is 0 Å². The number of aryl methyl sites for hydroxylation is 1. The fourth-order valence-electron chi connectivity index (χ4n) is 2.67. The first-order chi connectivity index (χ1) is 8.72. The molecule has 2 atom stereocenters. The van der Waals surface area contributed by atoms with Crippen molar-refractivity contribution in [2.45, 2.75) is 57.9 Å². The Morgan fingerprint density at radius 1 is 1.44 bits per heavy atom. The van der Waals surface area contributed by atoms with Gasteiger partial charge in [-0.05, 0) is 32.1 Å². The third-order valence-corrected chi connectivity index (χ3v) is 4.12. The zero-order valence-electron chi connectivity index (χ0n) is 11.3. The van der Waals surface area contributed by atoms with Crippen molar-refractivity contribution in [1.29, 1.82) is 0 Å². The SMILES string of the molecule is CCC1CCCC(Oc2cc(C)ncc2CCl)C1. The van der Waals surface area contributed by atoms with E-state index in [1.165, 1.54) is 32.1 Å². The summed E-state index contributed by atoms with van der Waals surface area (Å²) in [5, 5.41) is 0. The Bertz CT molecular complexity index is 394. The summed E-state index contributed by atoms with van der Waals surface area (Å²) in [4.78, 5) is 4.27. The number of nitrogens with zero attached hydrogens (tertiary/aromatic N) is 1. The van der Waals surface area contributed by atoms with Crippen molar-refractivity contribution in [3.63, 3.8) is 0 Å². The van der Waals surface area contributed by atoms with Crippen LogP contribution in [0.1, 0.15) is 50.3 Å². The van der Waals surface area contributed by atoms with Crippen molar-refractivity contribution < 1.29 is 4.74 Å². The third kappa shape index (κ3) is 3.38. The first-order valence-electron chi connectivity index (χ1n) is 6.91. The van der Waals surface area contributed by atoms with Gasteiger partial charge in [0.1, 0.15) is 5.75 Å². The molecule has 0 bridgehead atoms. The lowest BCUT2D eigenvalue weighted by Gasteiger charge is -2.29. The van der Waals surface area contributed by atoms with Crippen molar-refractivity contribution in [3.05, 3.63) is 23.5 Å². The van der Waals surface area contributed by atoms with Crippen LogP contribution in [0.15, 0.2) is 12.3 Å². The van der Waals surface area contributed by atoms with E-state index in [0.29, 0.717) is 12.0 Å². The summed E-state index contributed by atoms with van der Waals surface area (Å²) in [7, 11) is 0. The Morgan fingerprint density at radius 2 is 2.28 bits per heavy atom. The molecule has 1 aliphatic carbocycles. The lowest BCUT2D eigenvalue weighted by molar-refractivity contribution is 0.121. The van der Waals surface area contributed by atoms with E-state index in [0.717, 1.165) is 22.9 Å². The van der Waals surface area contributed by atoms with Crippen molar-refractivity contribution in [3.8, 4) is 5.75 Å². The van der Waals surface area contributed by atoms with Gasteiger partial charge in [-0.15, -0.1) is 11.6 Å². The zero-order valence-corrected chi connectivity index (χ0v) is 12.0. The molecule has 2 unspecified atom stereocenters. The second-order valence-electron chi connectivity index (χ2n) is 5.25. The normalized spacial score (nSPS) is 23.9. The highest BCUT2D eigenvalue weighted by atomic mass is 35.5. The number of halogens is 1. The first kappa shape index (κ1) is 13.7. The predicted molar refractivity (Wildman–Crippen MR) is 75.2 cm³/mol. The molecular weight excluding hydrogens is 246 g/mol. The molecular formula is C15H22ClNO. The Labute approximate surface area is 115 Å². The van der Waals surface area contributed by atoms with Crippen LogP contribution in [0.5, 0.6) is 5.75 Å². The summed E-state index contributed by atoms with van der Waals surface area (Å²) in [6.07, 6.45) is 8.43. The van der Waals surface area contributed by atoms with Crippen molar-refractivity contribution >= 4 is 11.6 Å². The van der Waals surface area contributed by atoms with Gasteiger partial charge < -0.3 is 4.74 Å². The van der Waals surface area contributed by atoms with Crippen LogP contribution in [0.2, 0.25) is 0 Å². The Kier molecular flexibility index (Phi) is 4.87. The highest BCUT2D eigenvalue weighted by molar-refractivity contribution is 6.17. The number of hydrogen-bond donors (Lipinski definition) is 0. The van der Waals surface area contributed by atoms with Gasteiger partial charge >= 0.3 is 0 Å². The van der Waals surface area contributed by atoms with E-state index >= 15 is 0 Å². The van der Waals surface area contributed by atoms with E-state index in [-0.39, 0.29) is 0 Å². The van der Waals surface area contributed by atoms with Crippen LogP contribution in [0, 0.1) is 12.8 Å². The van der Waals surface area contributed by atoms with E-state index in [4.69, 9.17) is 16.3 Å². The van der Waals surface area contributed by atoms with E-state index < -0.39 is 0 Å². The van der Waals surface area contributed by atoms with Gasteiger partial charge in [0.05, 0.1) is 12.0 Å². The molecule has 2 rings (SSSR count). The lowest BCUT2D eigenvalue weighted by Crippen LogP contribution is -2.25. The molecule has 2 nitrogen and oxygen atoms in total. The number of alkyl halides is 1. The van der Waals surface area contributed by atoms with Gasteiger partial charge in [-0.3, -0.25) is 4.98 Å². The maximum Gasteiger partial charge on any atom is 0.127 e. The summed E-state index contributed by atoms with van der Waals surface area (Å²) in [5.74, 6) is 2.22. The maximum absolute atomic E-state index is 6.17. The third-order valence-electron chi connectivity index (χ3n) is 3.83. The van der Waals surface area contributed by atoms with Crippen molar-refractivity contribution in [2.75, 3.05) is 0 Å². The quantitative estimate of drug-likeness (QED) is 0.751. The molecule has 1 aliphatic rings. The molecule has 0 saturated heterocycles. The monoisotopic (exact) mass is 267 g/mol. The Hall–Kier alpha value is -0.760. The molecule has 1 saturated carbocycles. The Balaban J connectivity index is 2.06. The first-order valence-corrected chi connectivity index (χ1v) is 7.44. The standard InChI is InChI=1S/C15H22ClNO/c1-3-12-5-4-6-14(8-12)18-15-7-11(2)17-10-13(15)9-16/h7,10,12,14H,3-6,8-9H2,1-2H3. The molecule has 1 fully saturated rings. The van der Waals surface area contributed by atoms with Gasteiger partial charge in [-0.2, -0.15) is 0 Å². The van der Waals surface area contributed by atoms with Gasteiger partial charge in [0.2, 0.25) is 0 Å². The molecule has 0 aromatic carbocycles. The van der Waals surface area contributed by atoms with E-state index in [1.54, 1.807) is 0 Å². The topological polar surface area (TPSA) is 22.1 Å². The molecule has 18 heavy (non-hydrogen) atoms. The minimum absolute atomic E-state index is 0.354. The molecule has 1 aromatic heterocycles. The van der Waals surface area contributed by atoms with Gasteiger partial charge in [0.25, 0.3) is 0 Å². The molecule has 100 valence electrons. The maximum atomic E-state index is 6.17. The van der Waals surface area contributed by atoms with Crippen molar-refractivity contribution in [1.82, 2.24) is 4.98 Å². The van der Waals surface area contributed by atoms with Crippen LogP contribution >= 0.6 is 11.6 Å². The second kappa shape index (κ2) is 6.42. The van der Waals surface area contributed by atoms with E-state index in [9.17, 15) is 0 Å². The van der Waals surface area contributed by atoms with Gasteiger partial charge in [-0.1, -0.05) is 19.8 Å². The highest BCUT2D eigenvalue weighted by Gasteiger charge is 2.22. The van der Waals surface area contributed by atoms with Crippen molar-refractivity contribution in [2.24, 2.45) is 5.92 Å². The predicted octanol–water partition coefficient (Wildman–Crippen LogP) is 4.48.